The number of carbonyl (C=O) groups excluding carboxylic acids is 1. The van der Waals surface area contributed by atoms with Crippen LogP contribution in [0.5, 0.6) is 5.75 Å². The van der Waals surface area contributed by atoms with Crippen molar-refractivity contribution in [3.05, 3.63) is 63.1 Å². The van der Waals surface area contributed by atoms with E-state index in [0.29, 0.717) is 44.6 Å². The molecule has 1 N–H and O–H groups in total. The molecule has 6 heteroatoms. The summed E-state index contributed by atoms with van der Waals surface area (Å²) in [5, 5.41) is 10.8. The number of benzene rings is 1. The summed E-state index contributed by atoms with van der Waals surface area (Å²) in [6.45, 7) is 9.85. The molecule has 0 spiro atoms. The zero-order chi connectivity index (χ0) is 21.8. The van der Waals surface area contributed by atoms with Gasteiger partial charge in [-0.15, -0.1) is 0 Å². The number of aromatic nitrogens is 1. The number of hydrogen-bond acceptors (Lipinski definition) is 5. The van der Waals surface area contributed by atoms with Crippen molar-refractivity contribution in [3.63, 3.8) is 0 Å². The Morgan fingerprint density at radius 1 is 1.17 bits per heavy atom. The quantitative estimate of drug-likeness (QED) is 0.735. The standard InChI is InChI=1S/C24H32N2O4/c1-5-26-17(4)15-20(27)21(23(26)28)22(18-9-7-16(3)8-10-18)25-13-11-19(12-14-25)24(29)30-6-2/h7-10,15,19,22,27H,5-6,11-14H2,1-4H3. The molecule has 1 fully saturated rings. The number of ether oxygens (including phenoxy) is 1. The fourth-order valence-corrected chi connectivity index (χ4v) is 4.38. The van der Waals surface area contributed by atoms with Gasteiger partial charge in [-0.05, 0) is 65.3 Å². The lowest BCUT2D eigenvalue weighted by Gasteiger charge is -2.37. The number of hydrogen-bond donors (Lipinski definition) is 1. The summed E-state index contributed by atoms with van der Waals surface area (Å²) in [4.78, 5) is 27.7. The van der Waals surface area contributed by atoms with Gasteiger partial charge in [0, 0.05) is 12.2 Å². The Kier molecular flexibility index (Phi) is 6.98. The van der Waals surface area contributed by atoms with Crippen molar-refractivity contribution < 1.29 is 14.6 Å². The maximum Gasteiger partial charge on any atom is 0.309 e. The first kappa shape index (κ1) is 22.1. The lowest BCUT2D eigenvalue weighted by atomic mass is 9.91. The number of carbonyl (C=O) groups is 1. The molecule has 0 aliphatic carbocycles. The third kappa shape index (κ3) is 4.43. The molecule has 2 heterocycles. The molecule has 1 aromatic heterocycles. The van der Waals surface area contributed by atoms with Crippen LogP contribution in [0.3, 0.4) is 0 Å². The maximum absolute atomic E-state index is 13.3. The van der Waals surface area contributed by atoms with Crippen molar-refractivity contribution in [2.45, 2.75) is 53.1 Å². The Morgan fingerprint density at radius 2 is 1.80 bits per heavy atom. The van der Waals surface area contributed by atoms with Crippen LogP contribution in [0, 0.1) is 19.8 Å². The Hall–Kier alpha value is -2.60. The molecule has 3 rings (SSSR count). The highest BCUT2D eigenvalue weighted by atomic mass is 16.5. The molecule has 162 valence electrons. The first-order valence-corrected chi connectivity index (χ1v) is 10.8. The van der Waals surface area contributed by atoms with Gasteiger partial charge in [-0.2, -0.15) is 0 Å². The minimum Gasteiger partial charge on any atom is -0.507 e. The zero-order valence-corrected chi connectivity index (χ0v) is 18.4. The van der Waals surface area contributed by atoms with E-state index in [9.17, 15) is 14.7 Å². The van der Waals surface area contributed by atoms with Crippen LogP contribution < -0.4 is 5.56 Å². The number of piperidine rings is 1. The molecule has 1 aliphatic rings. The average molecular weight is 413 g/mol. The molecule has 1 aromatic carbocycles. The van der Waals surface area contributed by atoms with E-state index < -0.39 is 0 Å². The Labute approximate surface area is 178 Å². The van der Waals surface area contributed by atoms with Gasteiger partial charge in [-0.1, -0.05) is 29.8 Å². The lowest BCUT2D eigenvalue weighted by molar-refractivity contribution is -0.149. The molecule has 2 aromatic rings. The van der Waals surface area contributed by atoms with Gasteiger partial charge in [0.15, 0.2) is 0 Å². The summed E-state index contributed by atoms with van der Waals surface area (Å²) in [6.07, 6.45) is 1.35. The van der Waals surface area contributed by atoms with Crippen LogP contribution in [-0.4, -0.2) is 40.2 Å². The maximum atomic E-state index is 13.3. The van der Waals surface area contributed by atoms with Gasteiger partial charge in [-0.3, -0.25) is 14.5 Å². The van der Waals surface area contributed by atoms with Crippen molar-refractivity contribution in [3.8, 4) is 5.75 Å². The highest BCUT2D eigenvalue weighted by Gasteiger charge is 2.34. The second-order valence-electron chi connectivity index (χ2n) is 8.01. The third-order valence-corrected chi connectivity index (χ3v) is 6.02. The van der Waals surface area contributed by atoms with Crippen molar-refractivity contribution in [1.29, 1.82) is 0 Å². The predicted octanol–water partition coefficient (Wildman–Crippen LogP) is 3.56. The third-order valence-electron chi connectivity index (χ3n) is 6.02. The normalized spacial score (nSPS) is 16.4. The monoisotopic (exact) mass is 412 g/mol. The SMILES string of the molecule is CCOC(=O)C1CCN(C(c2ccc(C)cc2)c2c(O)cc(C)n(CC)c2=O)CC1. The van der Waals surface area contributed by atoms with E-state index in [4.69, 9.17) is 4.74 Å². The van der Waals surface area contributed by atoms with Crippen molar-refractivity contribution in [2.75, 3.05) is 19.7 Å². The van der Waals surface area contributed by atoms with E-state index in [-0.39, 0.29) is 29.2 Å². The largest absolute Gasteiger partial charge is 0.507 e. The van der Waals surface area contributed by atoms with Crippen molar-refractivity contribution >= 4 is 5.97 Å². The number of nitrogens with zero attached hydrogens (tertiary/aromatic N) is 2. The van der Waals surface area contributed by atoms with Crippen LogP contribution in [0.15, 0.2) is 35.1 Å². The van der Waals surface area contributed by atoms with Gasteiger partial charge < -0.3 is 14.4 Å². The van der Waals surface area contributed by atoms with Crippen LogP contribution in [-0.2, 0) is 16.1 Å². The minimum atomic E-state index is -0.361. The predicted molar refractivity (Wildman–Crippen MR) is 117 cm³/mol. The van der Waals surface area contributed by atoms with Gasteiger partial charge in [0.05, 0.1) is 24.1 Å². The van der Waals surface area contributed by atoms with Gasteiger partial charge in [0.25, 0.3) is 5.56 Å². The second kappa shape index (κ2) is 9.47. The zero-order valence-electron chi connectivity index (χ0n) is 18.4. The Bertz CT molecular complexity index is 941. The molecule has 1 unspecified atom stereocenters. The van der Waals surface area contributed by atoms with Gasteiger partial charge in [-0.25, -0.2) is 0 Å². The van der Waals surface area contributed by atoms with Crippen molar-refractivity contribution in [2.24, 2.45) is 5.92 Å². The minimum absolute atomic E-state index is 0.0280. The van der Waals surface area contributed by atoms with E-state index in [2.05, 4.69) is 4.90 Å². The summed E-state index contributed by atoms with van der Waals surface area (Å²) >= 11 is 0. The summed E-state index contributed by atoms with van der Waals surface area (Å²) in [5.74, 6) is -0.227. The number of esters is 1. The lowest BCUT2D eigenvalue weighted by Crippen LogP contribution is -2.42. The van der Waals surface area contributed by atoms with Crippen molar-refractivity contribution in [1.82, 2.24) is 9.47 Å². The molecule has 1 aliphatic heterocycles. The molecular weight excluding hydrogens is 380 g/mol. The summed E-state index contributed by atoms with van der Waals surface area (Å²) in [5.41, 5.74) is 3.09. The highest BCUT2D eigenvalue weighted by Crippen LogP contribution is 2.35. The van der Waals surface area contributed by atoms with E-state index in [1.54, 1.807) is 10.6 Å². The number of aromatic hydroxyl groups is 1. The van der Waals surface area contributed by atoms with Crippen LogP contribution in [0.4, 0.5) is 0 Å². The van der Waals surface area contributed by atoms with E-state index >= 15 is 0 Å². The Balaban J connectivity index is 2.01. The molecule has 6 nitrogen and oxygen atoms in total. The Morgan fingerprint density at radius 3 is 2.37 bits per heavy atom. The van der Waals surface area contributed by atoms with E-state index in [1.807, 2.05) is 52.0 Å². The second-order valence-corrected chi connectivity index (χ2v) is 8.01. The van der Waals surface area contributed by atoms with Crippen LogP contribution >= 0.6 is 0 Å². The van der Waals surface area contributed by atoms with Gasteiger partial charge in [0.1, 0.15) is 5.75 Å². The van der Waals surface area contributed by atoms with Crippen LogP contribution in [0.2, 0.25) is 0 Å². The smallest absolute Gasteiger partial charge is 0.309 e. The summed E-state index contributed by atoms with van der Waals surface area (Å²) in [7, 11) is 0. The number of likely N-dealkylation sites (tertiary alicyclic amines) is 1. The van der Waals surface area contributed by atoms with Gasteiger partial charge >= 0.3 is 5.97 Å². The fourth-order valence-electron chi connectivity index (χ4n) is 4.38. The molecule has 0 bridgehead atoms. The number of rotatable bonds is 6. The van der Waals surface area contributed by atoms with Crippen LogP contribution in [0.1, 0.15) is 55.1 Å². The molecular formula is C24H32N2O4. The molecule has 0 saturated carbocycles. The fraction of sp³-hybridized carbons (Fsp3) is 0.500. The molecule has 1 saturated heterocycles. The number of pyridine rings is 1. The number of aryl methyl sites for hydroxylation is 2. The van der Waals surface area contributed by atoms with E-state index in [1.165, 1.54) is 0 Å². The average Bonchev–Trinajstić information content (AvgIpc) is 2.72. The summed E-state index contributed by atoms with van der Waals surface area (Å²) in [6, 6.07) is 9.40. The topological polar surface area (TPSA) is 71.8 Å². The van der Waals surface area contributed by atoms with Crippen LogP contribution in [0.25, 0.3) is 0 Å². The van der Waals surface area contributed by atoms with E-state index in [0.717, 1.165) is 16.8 Å². The molecule has 1 atom stereocenters. The first-order chi connectivity index (χ1) is 14.4. The molecule has 0 radical (unpaired) electrons. The highest BCUT2D eigenvalue weighted by molar-refractivity contribution is 5.72. The summed E-state index contributed by atoms with van der Waals surface area (Å²) < 4.78 is 6.89. The first-order valence-electron chi connectivity index (χ1n) is 10.8. The van der Waals surface area contributed by atoms with Gasteiger partial charge in [0.2, 0.25) is 0 Å². The molecule has 30 heavy (non-hydrogen) atoms. The molecule has 0 amide bonds.